The lowest BCUT2D eigenvalue weighted by atomic mass is 9.92. The lowest BCUT2D eigenvalue weighted by molar-refractivity contribution is -0.182. The maximum atomic E-state index is 12.7. The van der Waals surface area contributed by atoms with Gasteiger partial charge >= 0.3 is 47.8 Å². The summed E-state index contributed by atoms with van der Waals surface area (Å²) in [5, 5.41) is 0. The Morgan fingerprint density at radius 2 is 0.478 bits per heavy atom. The Balaban J connectivity index is 6.10. The van der Waals surface area contributed by atoms with Gasteiger partial charge in [-0.05, 0) is 0 Å². The molecule has 0 aliphatic heterocycles. The van der Waals surface area contributed by atoms with Crippen molar-refractivity contribution in [3.63, 3.8) is 0 Å². The third-order valence-electron chi connectivity index (χ3n) is 5.31. The molecule has 0 unspecified atom stereocenters. The molecule has 0 rings (SSSR count). The van der Waals surface area contributed by atoms with Crippen LogP contribution in [0.2, 0.25) is 0 Å². The van der Waals surface area contributed by atoms with Crippen molar-refractivity contribution in [3.8, 4) is 0 Å². The highest BCUT2D eigenvalue weighted by Crippen LogP contribution is 2.24. The fourth-order valence-electron chi connectivity index (χ4n) is 2.75. The second-order valence-corrected chi connectivity index (χ2v) is 9.02. The first kappa shape index (κ1) is 40.2. The van der Waals surface area contributed by atoms with Gasteiger partial charge in [-0.1, -0.05) is 39.5 Å². The molecule has 0 saturated heterocycles. The summed E-state index contributed by atoms with van der Waals surface area (Å²) >= 11 is 0. The molecule has 0 spiro atoms. The van der Waals surface area contributed by atoms with Crippen molar-refractivity contribution in [2.24, 2.45) is 10.8 Å². The van der Waals surface area contributed by atoms with Gasteiger partial charge < -0.3 is 37.9 Å². The van der Waals surface area contributed by atoms with E-state index in [4.69, 9.17) is 37.9 Å². The van der Waals surface area contributed by atoms with Crippen LogP contribution >= 0.6 is 0 Å². The summed E-state index contributed by atoms with van der Waals surface area (Å²) in [5.74, 6) is -8.94. The monoisotopic (exact) mass is 650 g/mol. The van der Waals surface area contributed by atoms with E-state index in [1.165, 1.54) is 0 Å². The van der Waals surface area contributed by atoms with Gasteiger partial charge in [-0.3, -0.25) is 0 Å². The predicted octanol–water partition coefficient (Wildman–Crippen LogP) is 0.421. The first-order valence-electron chi connectivity index (χ1n) is 12.8. The SMILES string of the molecule is C=CC(=O)OCC(COC(=O)C=C)(COC(=O)C=C)COC(=O)C(=O)OCC(COC(=O)C=C)(COC(=O)C=C)COC(=O)C=C. The van der Waals surface area contributed by atoms with E-state index in [2.05, 4.69) is 39.5 Å². The molecule has 16 nitrogen and oxygen atoms in total. The van der Waals surface area contributed by atoms with E-state index in [0.717, 1.165) is 36.5 Å². The molecule has 0 aromatic carbocycles. The van der Waals surface area contributed by atoms with Crippen LogP contribution in [-0.4, -0.2) is 101 Å². The second kappa shape index (κ2) is 21.0. The zero-order valence-electron chi connectivity index (χ0n) is 24.9. The molecule has 0 aliphatic carbocycles. The Bertz CT molecular complexity index is 1010. The largest absolute Gasteiger partial charge is 0.462 e. The smallest absolute Gasteiger partial charge is 0.417 e. The highest BCUT2D eigenvalue weighted by molar-refractivity contribution is 6.29. The van der Waals surface area contributed by atoms with Gasteiger partial charge in [0.1, 0.15) is 63.7 Å². The fourth-order valence-corrected chi connectivity index (χ4v) is 2.75. The lowest BCUT2D eigenvalue weighted by Crippen LogP contribution is -2.45. The summed E-state index contributed by atoms with van der Waals surface area (Å²) in [6.07, 6.45) is 4.81. The van der Waals surface area contributed by atoms with Gasteiger partial charge in [0.05, 0.1) is 0 Å². The molecule has 0 N–H and O–H groups in total. The summed E-state index contributed by atoms with van der Waals surface area (Å²) in [6.45, 7) is 13.7. The van der Waals surface area contributed by atoms with Gasteiger partial charge in [-0.15, -0.1) is 0 Å². The topological polar surface area (TPSA) is 210 Å². The molecule has 0 bridgehead atoms. The number of hydrogen-bond acceptors (Lipinski definition) is 16. The van der Waals surface area contributed by atoms with E-state index in [1.54, 1.807) is 0 Å². The van der Waals surface area contributed by atoms with E-state index < -0.39 is 111 Å². The predicted molar refractivity (Wildman–Crippen MR) is 154 cm³/mol. The summed E-state index contributed by atoms with van der Waals surface area (Å²) < 4.78 is 40.0. The number of carbonyl (C=O) groups excluding carboxylic acids is 8. The molecular formula is C30H34O16. The molecule has 0 heterocycles. The van der Waals surface area contributed by atoms with Crippen LogP contribution in [0.3, 0.4) is 0 Å². The minimum Gasteiger partial charge on any atom is -0.462 e. The number of ether oxygens (including phenoxy) is 8. The zero-order chi connectivity index (χ0) is 35.2. The van der Waals surface area contributed by atoms with Crippen molar-refractivity contribution >= 4 is 47.8 Å². The third-order valence-corrected chi connectivity index (χ3v) is 5.31. The zero-order valence-corrected chi connectivity index (χ0v) is 24.9. The maximum absolute atomic E-state index is 12.7. The van der Waals surface area contributed by atoms with Crippen molar-refractivity contribution in [1.29, 1.82) is 0 Å². The van der Waals surface area contributed by atoms with Crippen LogP contribution in [0.25, 0.3) is 0 Å². The molecule has 0 fully saturated rings. The first-order chi connectivity index (χ1) is 21.7. The molecular weight excluding hydrogens is 616 g/mol. The van der Waals surface area contributed by atoms with Crippen LogP contribution in [0.1, 0.15) is 0 Å². The highest BCUT2D eigenvalue weighted by Gasteiger charge is 2.40. The summed E-state index contributed by atoms with van der Waals surface area (Å²) in [7, 11) is 0. The highest BCUT2D eigenvalue weighted by atomic mass is 16.6. The van der Waals surface area contributed by atoms with E-state index in [1.807, 2.05) is 0 Å². The van der Waals surface area contributed by atoms with E-state index in [0.29, 0.717) is 0 Å². The quantitative estimate of drug-likeness (QED) is 0.0672. The van der Waals surface area contributed by atoms with Crippen LogP contribution in [-0.2, 0) is 76.3 Å². The molecule has 0 radical (unpaired) electrons. The van der Waals surface area contributed by atoms with Gasteiger partial charge in [0, 0.05) is 36.5 Å². The van der Waals surface area contributed by atoms with Gasteiger partial charge in [0.25, 0.3) is 0 Å². The summed E-state index contributed by atoms with van der Waals surface area (Å²) in [6, 6.07) is 0. The van der Waals surface area contributed by atoms with E-state index in [-0.39, 0.29) is 0 Å². The normalized spacial score (nSPS) is 10.3. The first-order valence-corrected chi connectivity index (χ1v) is 12.8. The minimum absolute atomic E-state index is 0.670. The number of carbonyl (C=O) groups is 8. The minimum atomic E-state index is -1.76. The standard InChI is InChI=1S/C30H34O16/c1-7-21(31)39-13-29(14-40-22(32)8-2,15-41-23(33)9-3)19-45-27(37)28(38)46-20-30(16-42-24(34)10-4,17-43-25(35)11-5)18-44-26(36)12-6/h7-12H,1-6,13-20H2. The summed E-state index contributed by atoms with van der Waals surface area (Å²) in [4.78, 5) is 95.7. The molecule has 16 heteroatoms. The van der Waals surface area contributed by atoms with Gasteiger partial charge in [0.15, 0.2) is 0 Å². The van der Waals surface area contributed by atoms with Crippen LogP contribution in [0.5, 0.6) is 0 Å². The Morgan fingerprint density at radius 3 is 0.630 bits per heavy atom. The molecule has 46 heavy (non-hydrogen) atoms. The Kier molecular flexibility index (Phi) is 18.3. The van der Waals surface area contributed by atoms with Crippen LogP contribution in [0.15, 0.2) is 75.9 Å². The van der Waals surface area contributed by atoms with Crippen LogP contribution < -0.4 is 0 Å². The number of hydrogen-bond donors (Lipinski definition) is 0. The average molecular weight is 651 g/mol. The van der Waals surface area contributed by atoms with Crippen molar-refractivity contribution in [3.05, 3.63) is 75.9 Å². The van der Waals surface area contributed by atoms with Crippen LogP contribution in [0, 0.1) is 10.8 Å². The van der Waals surface area contributed by atoms with E-state index >= 15 is 0 Å². The fraction of sp³-hybridized carbons (Fsp3) is 0.333. The number of esters is 8. The molecule has 0 aliphatic rings. The molecule has 250 valence electrons. The average Bonchev–Trinajstić information content (AvgIpc) is 3.08. The Labute approximate surface area is 263 Å². The maximum Gasteiger partial charge on any atom is 0.417 e. The van der Waals surface area contributed by atoms with Gasteiger partial charge in [-0.2, -0.15) is 0 Å². The number of rotatable bonds is 22. The summed E-state index contributed by atoms with van der Waals surface area (Å²) in [5.41, 5.74) is -3.52. The molecule has 0 saturated carbocycles. The van der Waals surface area contributed by atoms with Crippen LogP contribution in [0.4, 0.5) is 0 Å². The van der Waals surface area contributed by atoms with Gasteiger partial charge in [0.2, 0.25) is 0 Å². The Hall–Kier alpha value is -5.80. The molecule has 0 atom stereocenters. The lowest BCUT2D eigenvalue weighted by Gasteiger charge is -2.31. The Morgan fingerprint density at radius 1 is 0.326 bits per heavy atom. The molecule has 0 aromatic rings. The molecule has 0 aromatic heterocycles. The van der Waals surface area contributed by atoms with Gasteiger partial charge in [-0.25, -0.2) is 38.4 Å². The van der Waals surface area contributed by atoms with Crippen molar-refractivity contribution in [1.82, 2.24) is 0 Å². The van der Waals surface area contributed by atoms with E-state index in [9.17, 15) is 38.4 Å². The third kappa shape index (κ3) is 15.6. The van der Waals surface area contributed by atoms with Crippen molar-refractivity contribution < 1.29 is 76.3 Å². The van der Waals surface area contributed by atoms with Crippen molar-refractivity contribution in [2.75, 3.05) is 52.9 Å². The van der Waals surface area contributed by atoms with Crippen molar-refractivity contribution in [2.45, 2.75) is 0 Å². The molecule has 0 amide bonds. The second-order valence-electron chi connectivity index (χ2n) is 9.02.